The predicted molar refractivity (Wildman–Crippen MR) is 126 cm³/mol. The Morgan fingerprint density at radius 3 is 2.45 bits per heavy atom. The van der Waals surface area contributed by atoms with Gasteiger partial charge in [-0.2, -0.15) is 5.10 Å². The van der Waals surface area contributed by atoms with Gasteiger partial charge in [0, 0.05) is 6.54 Å². The van der Waals surface area contributed by atoms with Crippen LogP contribution in [0.25, 0.3) is 0 Å². The topological polar surface area (TPSA) is 109 Å². The first-order chi connectivity index (χ1) is 16.0. The molecule has 0 fully saturated rings. The maximum absolute atomic E-state index is 12.1. The highest BCUT2D eigenvalue weighted by atomic mass is 35.5. The van der Waals surface area contributed by atoms with Gasteiger partial charge in [-0.25, -0.2) is 5.43 Å². The molecule has 0 heterocycles. The third kappa shape index (κ3) is 7.79. The molecular formula is C24H21ClN4O4. The van der Waals surface area contributed by atoms with Crippen LogP contribution in [0.5, 0.6) is 5.75 Å². The zero-order chi connectivity index (χ0) is 23.5. The van der Waals surface area contributed by atoms with Gasteiger partial charge in [0.2, 0.25) is 0 Å². The van der Waals surface area contributed by atoms with Crippen molar-refractivity contribution in [2.45, 2.75) is 6.54 Å². The van der Waals surface area contributed by atoms with Crippen molar-refractivity contribution < 1.29 is 19.1 Å². The molecule has 0 saturated carbocycles. The lowest BCUT2D eigenvalue weighted by atomic mass is 10.2. The fourth-order valence-electron chi connectivity index (χ4n) is 2.66. The van der Waals surface area contributed by atoms with E-state index < -0.39 is 11.8 Å². The Hall–Kier alpha value is -4.17. The maximum atomic E-state index is 12.1. The Morgan fingerprint density at radius 2 is 1.67 bits per heavy atom. The van der Waals surface area contributed by atoms with Gasteiger partial charge in [0.15, 0.2) is 6.61 Å². The van der Waals surface area contributed by atoms with Gasteiger partial charge in [-0.05, 0) is 35.4 Å². The largest absolute Gasteiger partial charge is 0.484 e. The molecule has 0 atom stereocenters. The number of benzene rings is 3. The molecule has 3 rings (SSSR count). The summed E-state index contributed by atoms with van der Waals surface area (Å²) in [5.74, 6) is -1.61. The molecule has 0 bridgehead atoms. The highest BCUT2D eigenvalue weighted by Crippen LogP contribution is 2.20. The van der Waals surface area contributed by atoms with E-state index in [1.165, 1.54) is 6.21 Å². The molecule has 9 heteroatoms. The minimum Gasteiger partial charge on any atom is -0.484 e. The molecule has 33 heavy (non-hydrogen) atoms. The van der Waals surface area contributed by atoms with E-state index in [-0.39, 0.29) is 19.1 Å². The van der Waals surface area contributed by atoms with Gasteiger partial charge >= 0.3 is 11.8 Å². The van der Waals surface area contributed by atoms with Crippen LogP contribution in [0.1, 0.15) is 11.1 Å². The zero-order valence-electron chi connectivity index (χ0n) is 17.5. The Bertz CT molecular complexity index is 1150. The molecule has 0 aliphatic carbocycles. The number of hydrogen-bond donors (Lipinski definition) is 3. The molecule has 0 radical (unpaired) electrons. The molecule has 0 saturated heterocycles. The van der Waals surface area contributed by atoms with Crippen LogP contribution in [0.15, 0.2) is 84.0 Å². The average Bonchev–Trinajstić information content (AvgIpc) is 2.83. The lowest BCUT2D eigenvalue weighted by Crippen LogP contribution is -2.37. The van der Waals surface area contributed by atoms with Gasteiger partial charge in [-0.3, -0.25) is 14.4 Å². The summed E-state index contributed by atoms with van der Waals surface area (Å²) in [6.45, 7) is 0.0182. The number of rotatable bonds is 8. The summed E-state index contributed by atoms with van der Waals surface area (Å²) in [6, 6.07) is 22.9. The Labute approximate surface area is 195 Å². The molecule has 0 aliphatic heterocycles. The van der Waals surface area contributed by atoms with Crippen LogP contribution >= 0.6 is 11.6 Å². The van der Waals surface area contributed by atoms with E-state index in [2.05, 4.69) is 21.2 Å². The van der Waals surface area contributed by atoms with E-state index in [0.717, 1.165) is 5.56 Å². The summed E-state index contributed by atoms with van der Waals surface area (Å²) in [4.78, 5) is 35.8. The Balaban J connectivity index is 1.45. The monoisotopic (exact) mass is 464 g/mol. The second-order valence-corrected chi connectivity index (χ2v) is 7.16. The van der Waals surface area contributed by atoms with Gasteiger partial charge < -0.3 is 15.4 Å². The molecule has 0 spiro atoms. The summed E-state index contributed by atoms with van der Waals surface area (Å²) in [7, 11) is 0. The van der Waals surface area contributed by atoms with Crippen LogP contribution in [0.3, 0.4) is 0 Å². The quantitative estimate of drug-likeness (QED) is 0.270. The number of carbonyl (C=O) groups excluding carboxylic acids is 3. The molecular weight excluding hydrogens is 444 g/mol. The van der Waals surface area contributed by atoms with Crippen molar-refractivity contribution in [3.63, 3.8) is 0 Å². The first-order valence-corrected chi connectivity index (χ1v) is 10.3. The van der Waals surface area contributed by atoms with E-state index in [4.69, 9.17) is 16.3 Å². The lowest BCUT2D eigenvalue weighted by Gasteiger charge is -2.09. The number of hydrazone groups is 1. The number of nitrogens with zero attached hydrogens (tertiary/aromatic N) is 1. The smallest absolute Gasteiger partial charge is 0.329 e. The number of ether oxygens (including phenoxy) is 1. The number of amides is 3. The van der Waals surface area contributed by atoms with Crippen LogP contribution in [0.2, 0.25) is 5.02 Å². The van der Waals surface area contributed by atoms with Crippen LogP contribution in [-0.4, -0.2) is 30.5 Å². The number of anilines is 1. The van der Waals surface area contributed by atoms with Crippen LogP contribution in [0, 0.1) is 0 Å². The van der Waals surface area contributed by atoms with Gasteiger partial charge in [0.1, 0.15) is 5.75 Å². The van der Waals surface area contributed by atoms with Gasteiger partial charge in [-0.15, -0.1) is 0 Å². The van der Waals surface area contributed by atoms with Crippen molar-refractivity contribution in [3.8, 4) is 5.75 Å². The second-order valence-electron chi connectivity index (χ2n) is 6.76. The summed E-state index contributed by atoms with van der Waals surface area (Å²) in [6.07, 6.45) is 1.36. The fourth-order valence-corrected chi connectivity index (χ4v) is 2.84. The van der Waals surface area contributed by atoms with Gasteiger partial charge in [-0.1, -0.05) is 66.2 Å². The highest BCUT2D eigenvalue weighted by molar-refractivity contribution is 6.35. The standard InChI is InChI=1S/C24H21ClN4O4/c25-20-11-4-5-12-21(20)28-22(30)16-33-19-10-6-9-18(13-19)15-27-29-24(32)23(31)26-14-17-7-2-1-3-8-17/h1-13,15H,14,16H2,(H,26,31)(H,28,30)(H,29,32)/b27-15-. The molecule has 3 amide bonds. The molecule has 0 aliphatic rings. The minimum absolute atomic E-state index is 0.218. The van der Waals surface area contributed by atoms with E-state index in [0.29, 0.717) is 22.0 Å². The third-order valence-corrected chi connectivity index (χ3v) is 4.59. The predicted octanol–water partition coefficient (Wildman–Crippen LogP) is 3.12. The lowest BCUT2D eigenvalue weighted by molar-refractivity contribution is -0.139. The first kappa shape index (κ1) is 23.5. The second kappa shape index (κ2) is 12.0. The molecule has 3 aromatic carbocycles. The van der Waals surface area contributed by atoms with Crippen molar-refractivity contribution >= 4 is 41.2 Å². The maximum Gasteiger partial charge on any atom is 0.329 e. The number of halogens is 1. The number of nitrogens with one attached hydrogen (secondary N) is 3. The molecule has 0 aromatic heterocycles. The first-order valence-electron chi connectivity index (χ1n) is 9.93. The van der Waals surface area contributed by atoms with E-state index >= 15 is 0 Å². The summed E-state index contributed by atoms with van der Waals surface area (Å²) in [5.41, 5.74) is 4.14. The third-order valence-electron chi connectivity index (χ3n) is 4.26. The van der Waals surface area contributed by atoms with Gasteiger partial charge in [0.05, 0.1) is 16.9 Å². The van der Waals surface area contributed by atoms with E-state index in [1.54, 1.807) is 48.5 Å². The van der Waals surface area contributed by atoms with E-state index in [1.807, 2.05) is 30.3 Å². The number of hydrogen-bond acceptors (Lipinski definition) is 5. The average molecular weight is 465 g/mol. The van der Waals surface area contributed by atoms with Crippen molar-refractivity contribution in [1.82, 2.24) is 10.7 Å². The van der Waals surface area contributed by atoms with Crippen molar-refractivity contribution in [2.24, 2.45) is 5.10 Å². The summed E-state index contributed by atoms with van der Waals surface area (Å²) in [5, 5.41) is 9.39. The van der Waals surface area contributed by atoms with E-state index in [9.17, 15) is 14.4 Å². The van der Waals surface area contributed by atoms with Crippen LogP contribution < -0.4 is 20.8 Å². The molecule has 3 aromatic rings. The Kier molecular flexibility index (Phi) is 8.55. The molecule has 8 nitrogen and oxygen atoms in total. The normalized spacial score (nSPS) is 10.5. The molecule has 3 N–H and O–H groups in total. The molecule has 0 unspecified atom stereocenters. The summed E-state index contributed by atoms with van der Waals surface area (Å²) >= 11 is 6.02. The SMILES string of the molecule is O=C(COc1cccc(/C=N\NC(=O)C(=O)NCc2ccccc2)c1)Nc1ccccc1Cl. The number of carbonyl (C=O) groups is 3. The molecule has 168 valence electrons. The minimum atomic E-state index is -0.883. The van der Waals surface area contributed by atoms with Gasteiger partial charge in [0.25, 0.3) is 5.91 Å². The van der Waals surface area contributed by atoms with Crippen molar-refractivity contribution in [1.29, 1.82) is 0 Å². The van der Waals surface area contributed by atoms with Crippen LogP contribution in [0.4, 0.5) is 5.69 Å². The Morgan fingerprint density at radius 1 is 0.909 bits per heavy atom. The summed E-state index contributed by atoms with van der Waals surface area (Å²) < 4.78 is 5.49. The highest BCUT2D eigenvalue weighted by Gasteiger charge is 2.12. The number of para-hydroxylation sites is 1. The fraction of sp³-hybridized carbons (Fsp3) is 0.0833. The van der Waals surface area contributed by atoms with Crippen molar-refractivity contribution in [2.75, 3.05) is 11.9 Å². The van der Waals surface area contributed by atoms with Crippen LogP contribution in [-0.2, 0) is 20.9 Å². The zero-order valence-corrected chi connectivity index (χ0v) is 18.2. The van der Waals surface area contributed by atoms with Crippen molar-refractivity contribution in [3.05, 3.63) is 95.0 Å².